The van der Waals surface area contributed by atoms with Crippen LogP contribution in [-0.4, -0.2) is 28.8 Å². The van der Waals surface area contributed by atoms with E-state index in [1.807, 2.05) is 0 Å². The molecule has 0 aromatic carbocycles. The highest BCUT2D eigenvalue weighted by Gasteiger charge is 2.15. The maximum absolute atomic E-state index is 11.5. The second kappa shape index (κ2) is 6.27. The van der Waals surface area contributed by atoms with Crippen molar-refractivity contribution < 1.29 is 14.4 Å². The number of carbonyl (C=O) groups is 1. The third-order valence-corrected chi connectivity index (χ3v) is 2.42. The van der Waals surface area contributed by atoms with E-state index in [4.69, 9.17) is 9.57 Å². The molecule has 1 aromatic heterocycles. The van der Waals surface area contributed by atoms with E-state index < -0.39 is 0 Å². The number of hydrogen-bond donors (Lipinski definition) is 1. The molecule has 6 nitrogen and oxygen atoms in total. The molecule has 17 heavy (non-hydrogen) atoms. The highest BCUT2D eigenvalue weighted by Crippen LogP contribution is 2.12. The van der Waals surface area contributed by atoms with Gasteiger partial charge < -0.3 is 4.74 Å². The Morgan fingerprint density at radius 1 is 1.47 bits per heavy atom. The van der Waals surface area contributed by atoms with Gasteiger partial charge in [-0.3, -0.25) is 4.79 Å². The summed E-state index contributed by atoms with van der Waals surface area (Å²) in [5.74, 6) is -0.228. The summed E-state index contributed by atoms with van der Waals surface area (Å²) in [6.07, 6.45) is 7.44. The third kappa shape index (κ3) is 4.08. The first-order valence-electron chi connectivity index (χ1n) is 5.64. The van der Waals surface area contributed by atoms with Gasteiger partial charge in [0.2, 0.25) is 5.91 Å². The molecule has 6 heteroatoms. The van der Waals surface area contributed by atoms with Gasteiger partial charge in [-0.25, -0.2) is 20.3 Å². The van der Waals surface area contributed by atoms with E-state index in [1.165, 1.54) is 6.33 Å². The minimum atomic E-state index is -0.320. The van der Waals surface area contributed by atoms with Crippen LogP contribution in [0.1, 0.15) is 24.8 Å². The summed E-state index contributed by atoms with van der Waals surface area (Å²) < 4.78 is 5.32. The van der Waals surface area contributed by atoms with Gasteiger partial charge in [0.05, 0.1) is 6.42 Å². The lowest BCUT2D eigenvalue weighted by molar-refractivity contribution is -0.200. The standard InChI is InChI=1S/C11H15N3O3/c15-10(5-9-6-12-8-13-7-9)14-17-11-3-1-2-4-16-11/h6-8,11H,1-5H2,(H,14,15). The summed E-state index contributed by atoms with van der Waals surface area (Å²) in [6.45, 7) is 0.688. The highest BCUT2D eigenvalue weighted by molar-refractivity contribution is 5.77. The molecular formula is C11H15N3O3. The highest BCUT2D eigenvalue weighted by atomic mass is 16.8. The molecular weight excluding hydrogens is 222 g/mol. The third-order valence-electron chi connectivity index (χ3n) is 2.42. The van der Waals surface area contributed by atoms with Crippen molar-refractivity contribution in [3.8, 4) is 0 Å². The number of carbonyl (C=O) groups excluding carboxylic acids is 1. The van der Waals surface area contributed by atoms with Gasteiger partial charge in [0, 0.05) is 25.4 Å². The van der Waals surface area contributed by atoms with Crippen LogP contribution < -0.4 is 5.48 Å². The Bertz CT molecular complexity index is 352. The van der Waals surface area contributed by atoms with Crippen LogP contribution in [0, 0.1) is 0 Å². The van der Waals surface area contributed by atoms with Crippen molar-refractivity contribution in [1.29, 1.82) is 0 Å². The lowest BCUT2D eigenvalue weighted by Gasteiger charge is -2.22. The smallest absolute Gasteiger partial charge is 0.248 e. The van der Waals surface area contributed by atoms with E-state index >= 15 is 0 Å². The molecule has 0 bridgehead atoms. The van der Waals surface area contributed by atoms with Crippen molar-refractivity contribution in [2.24, 2.45) is 0 Å². The van der Waals surface area contributed by atoms with Gasteiger partial charge in [0.25, 0.3) is 0 Å². The number of rotatable bonds is 4. The largest absolute Gasteiger partial charge is 0.350 e. The minimum absolute atomic E-state index is 0.202. The first-order valence-corrected chi connectivity index (χ1v) is 5.64. The molecule has 1 aliphatic rings. The fourth-order valence-electron chi connectivity index (χ4n) is 1.58. The molecule has 1 aliphatic heterocycles. The van der Waals surface area contributed by atoms with Crippen LogP contribution in [0.5, 0.6) is 0 Å². The van der Waals surface area contributed by atoms with E-state index in [2.05, 4.69) is 15.4 Å². The van der Waals surface area contributed by atoms with Crippen LogP contribution in [0.4, 0.5) is 0 Å². The lowest BCUT2D eigenvalue weighted by atomic mass is 10.2. The van der Waals surface area contributed by atoms with Gasteiger partial charge in [-0.15, -0.1) is 0 Å². The molecule has 0 radical (unpaired) electrons. The number of ether oxygens (including phenoxy) is 1. The summed E-state index contributed by atoms with van der Waals surface area (Å²) in [7, 11) is 0. The number of hydroxylamine groups is 1. The summed E-state index contributed by atoms with van der Waals surface area (Å²) >= 11 is 0. The molecule has 1 unspecified atom stereocenters. The molecule has 1 atom stereocenters. The van der Waals surface area contributed by atoms with Crippen molar-refractivity contribution in [1.82, 2.24) is 15.4 Å². The average molecular weight is 237 g/mol. The lowest BCUT2D eigenvalue weighted by Crippen LogP contribution is -2.33. The topological polar surface area (TPSA) is 73.3 Å². The molecule has 1 N–H and O–H groups in total. The molecule has 1 saturated heterocycles. The van der Waals surface area contributed by atoms with Gasteiger partial charge in [-0.2, -0.15) is 0 Å². The van der Waals surface area contributed by atoms with Crippen LogP contribution in [0.2, 0.25) is 0 Å². The van der Waals surface area contributed by atoms with E-state index in [0.29, 0.717) is 6.61 Å². The van der Waals surface area contributed by atoms with Crippen LogP contribution in [0.3, 0.4) is 0 Å². The molecule has 2 rings (SSSR count). The molecule has 92 valence electrons. The van der Waals surface area contributed by atoms with Gasteiger partial charge >= 0.3 is 0 Å². The van der Waals surface area contributed by atoms with Crippen molar-refractivity contribution in [2.45, 2.75) is 32.0 Å². The molecule has 0 saturated carbocycles. The van der Waals surface area contributed by atoms with Crippen molar-refractivity contribution >= 4 is 5.91 Å². The van der Waals surface area contributed by atoms with E-state index in [-0.39, 0.29) is 18.6 Å². The van der Waals surface area contributed by atoms with E-state index in [0.717, 1.165) is 24.8 Å². The van der Waals surface area contributed by atoms with E-state index in [9.17, 15) is 4.79 Å². The zero-order valence-electron chi connectivity index (χ0n) is 9.46. The number of nitrogens with one attached hydrogen (secondary N) is 1. The fourth-order valence-corrected chi connectivity index (χ4v) is 1.58. The molecule has 1 amide bonds. The van der Waals surface area contributed by atoms with Gasteiger partial charge in [0.15, 0.2) is 6.29 Å². The normalized spacial score (nSPS) is 19.9. The Morgan fingerprint density at radius 3 is 3.00 bits per heavy atom. The first-order chi connectivity index (χ1) is 8.34. The van der Waals surface area contributed by atoms with E-state index in [1.54, 1.807) is 12.4 Å². The van der Waals surface area contributed by atoms with Crippen molar-refractivity contribution in [3.63, 3.8) is 0 Å². The predicted octanol–water partition coefficient (Wildman–Crippen LogP) is 0.593. The second-order valence-electron chi connectivity index (χ2n) is 3.86. The van der Waals surface area contributed by atoms with Crippen LogP contribution in [0.15, 0.2) is 18.7 Å². The SMILES string of the molecule is O=C(Cc1cncnc1)NOC1CCCCO1. The van der Waals surface area contributed by atoms with Gasteiger partial charge in [-0.05, 0) is 18.4 Å². The zero-order valence-corrected chi connectivity index (χ0v) is 9.46. The average Bonchev–Trinajstić information content (AvgIpc) is 2.39. The molecule has 1 fully saturated rings. The Morgan fingerprint density at radius 2 is 2.29 bits per heavy atom. The monoisotopic (exact) mass is 237 g/mol. The van der Waals surface area contributed by atoms with Crippen molar-refractivity contribution in [3.05, 3.63) is 24.3 Å². The summed E-state index contributed by atoms with van der Waals surface area (Å²) in [5, 5.41) is 0. The Kier molecular flexibility index (Phi) is 4.40. The van der Waals surface area contributed by atoms with Crippen LogP contribution in [0.25, 0.3) is 0 Å². The number of hydrogen-bond acceptors (Lipinski definition) is 5. The van der Waals surface area contributed by atoms with Gasteiger partial charge in [-0.1, -0.05) is 0 Å². The maximum Gasteiger partial charge on any atom is 0.248 e. The van der Waals surface area contributed by atoms with Crippen LogP contribution in [-0.2, 0) is 20.8 Å². The maximum atomic E-state index is 11.5. The fraction of sp³-hybridized carbons (Fsp3) is 0.545. The molecule has 1 aromatic rings. The molecule has 2 heterocycles. The number of nitrogens with zero attached hydrogens (tertiary/aromatic N) is 2. The minimum Gasteiger partial charge on any atom is -0.350 e. The van der Waals surface area contributed by atoms with Crippen LogP contribution >= 0.6 is 0 Å². The predicted molar refractivity (Wildman–Crippen MR) is 58.6 cm³/mol. The second-order valence-corrected chi connectivity index (χ2v) is 3.86. The van der Waals surface area contributed by atoms with Gasteiger partial charge in [0.1, 0.15) is 6.33 Å². The Balaban J connectivity index is 1.70. The molecule has 0 spiro atoms. The first kappa shape index (κ1) is 11.9. The van der Waals surface area contributed by atoms with Crippen molar-refractivity contribution in [2.75, 3.05) is 6.61 Å². The Hall–Kier alpha value is -1.53. The summed E-state index contributed by atoms with van der Waals surface area (Å²) in [5.41, 5.74) is 3.13. The number of amides is 1. The molecule has 0 aliphatic carbocycles. The Labute approximate surface area is 99.3 Å². The zero-order chi connectivity index (χ0) is 11.9. The quantitative estimate of drug-likeness (QED) is 0.776. The summed E-state index contributed by atoms with van der Waals surface area (Å²) in [6, 6.07) is 0. The number of aromatic nitrogens is 2. The summed E-state index contributed by atoms with van der Waals surface area (Å²) in [4.78, 5) is 24.3.